The zero-order valence-electron chi connectivity index (χ0n) is 21.0. The molecule has 1 heterocycles. The Hall–Kier alpha value is -3.90. The quantitative estimate of drug-likeness (QED) is 0.186. The molecule has 0 bridgehead atoms. The van der Waals surface area contributed by atoms with E-state index in [9.17, 15) is 4.79 Å². The lowest BCUT2D eigenvalue weighted by molar-refractivity contribution is -0.120. The van der Waals surface area contributed by atoms with Crippen LogP contribution in [0.1, 0.15) is 42.9 Å². The SMILES string of the molecule is CC/C(=C(/c1ccc(OCCNCCCC(=O)NC)cc1)c1ccc2[nH]ncc2c1)c1ccccc1. The zero-order valence-corrected chi connectivity index (χ0v) is 21.0. The number of allylic oxidation sites excluding steroid dienone is 1. The number of benzene rings is 3. The summed E-state index contributed by atoms with van der Waals surface area (Å²) in [5.74, 6) is 0.915. The molecule has 0 aliphatic rings. The number of ether oxygens (including phenoxy) is 1. The highest BCUT2D eigenvalue weighted by Crippen LogP contribution is 2.36. The number of carbonyl (C=O) groups excluding carboxylic acids is 1. The Morgan fingerprint density at radius 3 is 2.47 bits per heavy atom. The lowest BCUT2D eigenvalue weighted by atomic mass is 9.88. The van der Waals surface area contributed by atoms with Crippen molar-refractivity contribution in [2.75, 3.05) is 26.7 Å². The number of nitrogens with zero attached hydrogens (tertiary/aromatic N) is 1. The molecule has 0 radical (unpaired) electrons. The molecule has 0 atom stereocenters. The summed E-state index contributed by atoms with van der Waals surface area (Å²) in [4.78, 5) is 11.3. The van der Waals surface area contributed by atoms with Gasteiger partial charge in [-0.1, -0.05) is 55.5 Å². The first-order chi connectivity index (χ1) is 17.7. The van der Waals surface area contributed by atoms with Gasteiger partial charge in [0.25, 0.3) is 0 Å². The van der Waals surface area contributed by atoms with Crippen LogP contribution in [0, 0.1) is 0 Å². The summed E-state index contributed by atoms with van der Waals surface area (Å²) in [6.45, 7) is 4.31. The van der Waals surface area contributed by atoms with Crippen LogP contribution in [-0.4, -0.2) is 42.8 Å². The van der Waals surface area contributed by atoms with E-state index >= 15 is 0 Å². The van der Waals surface area contributed by atoms with Crippen molar-refractivity contribution in [1.29, 1.82) is 0 Å². The first-order valence-corrected chi connectivity index (χ1v) is 12.6. The van der Waals surface area contributed by atoms with Gasteiger partial charge >= 0.3 is 0 Å². The summed E-state index contributed by atoms with van der Waals surface area (Å²) in [5, 5.41) is 14.3. The van der Waals surface area contributed by atoms with Crippen LogP contribution in [0.4, 0.5) is 0 Å². The van der Waals surface area contributed by atoms with Gasteiger partial charge in [0.1, 0.15) is 12.4 Å². The predicted molar refractivity (Wildman–Crippen MR) is 147 cm³/mol. The normalized spacial score (nSPS) is 11.8. The molecule has 0 aliphatic heterocycles. The second kappa shape index (κ2) is 12.7. The predicted octanol–water partition coefficient (Wildman–Crippen LogP) is 5.43. The Bertz CT molecular complexity index is 1290. The molecule has 0 unspecified atom stereocenters. The van der Waals surface area contributed by atoms with Crippen LogP contribution >= 0.6 is 0 Å². The summed E-state index contributed by atoms with van der Waals surface area (Å²) in [7, 11) is 1.66. The van der Waals surface area contributed by atoms with E-state index in [4.69, 9.17) is 4.74 Å². The number of hydrogen-bond acceptors (Lipinski definition) is 4. The van der Waals surface area contributed by atoms with Crippen molar-refractivity contribution in [3.05, 3.63) is 95.7 Å². The van der Waals surface area contributed by atoms with Gasteiger partial charge in [0.15, 0.2) is 0 Å². The van der Waals surface area contributed by atoms with Gasteiger partial charge in [0, 0.05) is 25.4 Å². The Morgan fingerprint density at radius 2 is 1.72 bits per heavy atom. The molecule has 6 heteroatoms. The third-order valence-electron chi connectivity index (χ3n) is 6.23. The second-order valence-electron chi connectivity index (χ2n) is 8.64. The maximum absolute atomic E-state index is 11.3. The van der Waals surface area contributed by atoms with E-state index in [1.807, 2.05) is 18.3 Å². The lowest BCUT2D eigenvalue weighted by Gasteiger charge is -2.17. The molecule has 3 N–H and O–H groups in total. The van der Waals surface area contributed by atoms with Crippen LogP contribution < -0.4 is 15.4 Å². The fourth-order valence-corrected chi connectivity index (χ4v) is 4.36. The molecule has 0 spiro atoms. The minimum absolute atomic E-state index is 0.0738. The number of rotatable bonds is 12. The average molecular weight is 483 g/mol. The Labute approximate surface area is 212 Å². The van der Waals surface area contributed by atoms with Crippen molar-refractivity contribution in [1.82, 2.24) is 20.8 Å². The van der Waals surface area contributed by atoms with Gasteiger partial charge in [-0.15, -0.1) is 0 Å². The second-order valence-corrected chi connectivity index (χ2v) is 8.64. The number of aromatic nitrogens is 2. The summed E-state index contributed by atoms with van der Waals surface area (Å²) in [5.41, 5.74) is 7.09. The van der Waals surface area contributed by atoms with E-state index < -0.39 is 0 Å². The van der Waals surface area contributed by atoms with Crippen LogP contribution in [0.2, 0.25) is 0 Å². The summed E-state index contributed by atoms with van der Waals surface area (Å²) in [6, 6.07) is 25.4. The van der Waals surface area contributed by atoms with E-state index in [1.54, 1.807) is 7.05 Å². The molecule has 1 amide bonds. The number of aromatic amines is 1. The first-order valence-electron chi connectivity index (χ1n) is 12.6. The van der Waals surface area contributed by atoms with Crippen LogP contribution in [0.5, 0.6) is 5.75 Å². The minimum atomic E-state index is 0.0738. The highest BCUT2D eigenvalue weighted by Gasteiger charge is 2.14. The van der Waals surface area contributed by atoms with Crippen LogP contribution in [-0.2, 0) is 4.79 Å². The van der Waals surface area contributed by atoms with E-state index in [0.29, 0.717) is 13.0 Å². The lowest BCUT2D eigenvalue weighted by Crippen LogP contribution is -2.24. The van der Waals surface area contributed by atoms with E-state index in [2.05, 4.69) is 88.4 Å². The monoisotopic (exact) mass is 482 g/mol. The topological polar surface area (TPSA) is 79.0 Å². The zero-order chi connectivity index (χ0) is 25.2. The van der Waals surface area contributed by atoms with E-state index in [1.165, 1.54) is 22.3 Å². The summed E-state index contributed by atoms with van der Waals surface area (Å²) >= 11 is 0. The molecule has 186 valence electrons. The molecule has 0 aliphatic carbocycles. The fraction of sp³-hybridized carbons (Fsp3) is 0.267. The number of fused-ring (bicyclic) bond motifs is 1. The molecular formula is C30H34N4O2. The maximum atomic E-state index is 11.3. The molecular weight excluding hydrogens is 448 g/mol. The van der Waals surface area contributed by atoms with Gasteiger partial charge in [-0.2, -0.15) is 5.10 Å². The number of hydrogen-bond donors (Lipinski definition) is 3. The number of nitrogens with one attached hydrogen (secondary N) is 3. The maximum Gasteiger partial charge on any atom is 0.219 e. The van der Waals surface area contributed by atoms with Crippen molar-refractivity contribution < 1.29 is 9.53 Å². The van der Waals surface area contributed by atoms with Gasteiger partial charge < -0.3 is 15.4 Å². The van der Waals surface area contributed by atoms with Crippen molar-refractivity contribution in [2.45, 2.75) is 26.2 Å². The Balaban J connectivity index is 1.51. The molecule has 0 fully saturated rings. The van der Waals surface area contributed by atoms with Crippen LogP contribution in [0.25, 0.3) is 22.0 Å². The van der Waals surface area contributed by atoms with Gasteiger partial charge in [0.05, 0.1) is 11.7 Å². The fourth-order valence-electron chi connectivity index (χ4n) is 4.36. The van der Waals surface area contributed by atoms with Crippen LogP contribution in [0.15, 0.2) is 79.0 Å². The van der Waals surface area contributed by atoms with Gasteiger partial charge in [-0.3, -0.25) is 9.89 Å². The molecule has 4 aromatic rings. The van der Waals surface area contributed by atoms with Crippen molar-refractivity contribution in [2.24, 2.45) is 0 Å². The summed E-state index contributed by atoms with van der Waals surface area (Å²) < 4.78 is 5.94. The van der Waals surface area contributed by atoms with Crippen molar-refractivity contribution in [3.8, 4) is 5.75 Å². The smallest absolute Gasteiger partial charge is 0.219 e. The van der Waals surface area contributed by atoms with Gasteiger partial charge in [0.2, 0.25) is 5.91 Å². The number of amides is 1. The molecule has 36 heavy (non-hydrogen) atoms. The first kappa shape index (κ1) is 25.2. The Kier molecular flexibility index (Phi) is 8.89. The molecule has 0 saturated carbocycles. The minimum Gasteiger partial charge on any atom is -0.492 e. The largest absolute Gasteiger partial charge is 0.492 e. The average Bonchev–Trinajstić information content (AvgIpc) is 3.40. The highest BCUT2D eigenvalue weighted by molar-refractivity contribution is 6.00. The standard InChI is InChI=1S/C30H34N4O2/c1-3-27(22-8-5-4-6-9-22)30(24-13-16-28-25(20-24)21-33-34-28)23-11-14-26(15-12-23)36-19-18-32-17-7-10-29(35)31-2/h4-6,8-9,11-16,20-21,32H,3,7,10,17-19H2,1-2H3,(H,31,35)(H,33,34)/b30-27+. The Morgan fingerprint density at radius 1 is 0.944 bits per heavy atom. The van der Waals surface area contributed by atoms with Gasteiger partial charge in [-0.25, -0.2) is 0 Å². The van der Waals surface area contributed by atoms with Crippen LogP contribution in [0.3, 0.4) is 0 Å². The van der Waals surface area contributed by atoms with E-state index in [0.717, 1.165) is 48.1 Å². The molecule has 1 aromatic heterocycles. The van der Waals surface area contributed by atoms with Gasteiger partial charge in [-0.05, 0) is 71.5 Å². The highest BCUT2D eigenvalue weighted by atomic mass is 16.5. The molecule has 4 rings (SSSR count). The number of H-pyrrole nitrogens is 1. The molecule has 6 nitrogen and oxygen atoms in total. The van der Waals surface area contributed by atoms with Crippen molar-refractivity contribution >= 4 is 28.0 Å². The number of carbonyl (C=O) groups is 1. The summed E-state index contributed by atoms with van der Waals surface area (Å²) in [6.07, 6.45) is 4.13. The third-order valence-corrected chi connectivity index (χ3v) is 6.23. The third kappa shape index (κ3) is 6.40. The van der Waals surface area contributed by atoms with E-state index in [-0.39, 0.29) is 5.91 Å². The van der Waals surface area contributed by atoms with Crippen molar-refractivity contribution in [3.63, 3.8) is 0 Å². The molecule has 0 saturated heterocycles. The molecule has 3 aromatic carbocycles.